The molecule has 0 spiro atoms. The molecule has 1 amide bonds. The minimum atomic E-state index is -0.219. The Morgan fingerprint density at radius 1 is 1.04 bits per heavy atom. The monoisotopic (exact) mass is 388 g/mol. The lowest BCUT2D eigenvalue weighted by Gasteiger charge is -2.34. The highest BCUT2D eigenvalue weighted by molar-refractivity contribution is 5.67. The van der Waals surface area contributed by atoms with E-state index in [4.69, 9.17) is 19.7 Å². The number of amides is 1. The molecule has 1 saturated carbocycles. The zero-order valence-corrected chi connectivity index (χ0v) is 17.4. The number of aliphatic hydroxyl groups excluding tert-OH is 2. The topological polar surface area (TPSA) is 82.5 Å². The lowest BCUT2D eigenvalue weighted by molar-refractivity contribution is 0.00616. The largest absolute Gasteiger partial charge is 0.449 e. The summed E-state index contributed by atoms with van der Waals surface area (Å²) in [6.45, 7) is 7.62. The maximum absolute atomic E-state index is 12.1. The third-order valence-corrected chi connectivity index (χ3v) is 5.07. The van der Waals surface area contributed by atoms with Gasteiger partial charge >= 0.3 is 6.09 Å². The highest BCUT2D eigenvalue weighted by Crippen LogP contribution is 2.25. The maximum atomic E-state index is 12.1. The van der Waals surface area contributed by atoms with Gasteiger partial charge in [-0.25, -0.2) is 4.79 Å². The number of hydrogen-bond acceptors (Lipinski definition) is 6. The van der Waals surface area contributed by atoms with Gasteiger partial charge in [0.25, 0.3) is 0 Å². The first kappa shape index (κ1) is 24.1. The van der Waals surface area contributed by atoms with Crippen LogP contribution in [0.5, 0.6) is 0 Å². The van der Waals surface area contributed by atoms with Crippen LogP contribution in [0.15, 0.2) is 0 Å². The molecule has 0 aromatic heterocycles. The number of carbonyl (C=O) groups excluding carboxylic acids is 1. The van der Waals surface area contributed by atoms with Crippen LogP contribution in [0.1, 0.15) is 52.4 Å². The van der Waals surface area contributed by atoms with E-state index in [1.54, 1.807) is 4.90 Å². The van der Waals surface area contributed by atoms with Gasteiger partial charge in [0, 0.05) is 32.8 Å². The van der Waals surface area contributed by atoms with Gasteiger partial charge in [-0.15, -0.1) is 0 Å². The molecule has 1 rings (SSSR count). The molecule has 0 heterocycles. The number of rotatable bonds is 13. The molecule has 0 aromatic rings. The van der Waals surface area contributed by atoms with Crippen molar-refractivity contribution >= 4 is 6.09 Å². The molecule has 0 radical (unpaired) electrons. The van der Waals surface area contributed by atoms with E-state index in [9.17, 15) is 4.79 Å². The summed E-state index contributed by atoms with van der Waals surface area (Å²) in [4.78, 5) is 15.9. The Balaban J connectivity index is 2.13. The lowest BCUT2D eigenvalue weighted by atomic mass is 9.92. The molecule has 0 bridgehead atoms. The molecule has 1 fully saturated rings. The normalized spacial score (nSPS) is 20.3. The van der Waals surface area contributed by atoms with Gasteiger partial charge in [0.15, 0.2) is 0 Å². The van der Waals surface area contributed by atoms with Crippen LogP contribution in [0.25, 0.3) is 0 Å². The molecule has 1 aliphatic carbocycles. The van der Waals surface area contributed by atoms with Crippen molar-refractivity contribution < 1.29 is 24.5 Å². The van der Waals surface area contributed by atoms with E-state index in [0.717, 1.165) is 51.7 Å². The Labute approximate surface area is 164 Å². The Hall–Kier alpha value is -0.890. The van der Waals surface area contributed by atoms with Crippen molar-refractivity contribution in [1.29, 1.82) is 0 Å². The van der Waals surface area contributed by atoms with E-state index in [0.29, 0.717) is 25.6 Å². The van der Waals surface area contributed by atoms with Crippen molar-refractivity contribution in [1.82, 2.24) is 9.80 Å². The third kappa shape index (κ3) is 10.3. The molecule has 0 saturated heterocycles. The van der Waals surface area contributed by atoms with Crippen molar-refractivity contribution in [2.75, 3.05) is 53.1 Å². The molecule has 160 valence electrons. The first-order valence-electron chi connectivity index (χ1n) is 10.4. The Morgan fingerprint density at radius 2 is 1.67 bits per heavy atom. The summed E-state index contributed by atoms with van der Waals surface area (Å²) < 4.78 is 11.3. The van der Waals surface area contributed by atoms with Gasteiger partial charge in [0.2, 0.25) is 0 Å². The highest BCUT2D eigenvalue weighted by Gasteiger charge is 2.27. The summed E-state index contributed by atoms with van der Waals surface area (Å²) in [5.41, 5.74) is 0. The zero-order chi connectivity index (χ0) is 20.1. The zero-order valence-electron chi connectivity index (χ0n) is 17.4. The number of ether oxygens (including phenoxy) is 2. The molecular formula is C20H40N2O5. The van der Waals surface area contributed by atoms with E-state index < -0.39 is 0 Å². The fraction of sp³-hybridized carbons (Fsp3) is 0.950. The summed E-state index contributed by atoms with van der Waals surface area (Å²) in [6.07, 6.45) is 5.92. The number of nitrogens with zero attached hydrogens (tertiary/aromatic N) is 2. The summed E-state index contributed by atoms with van der Waals surface area (Å²) in [5, 5.41) is 18.0. The first-order chi connectivity index (χ1) is 13.0. The second-order valence-corrected chi connectivity index (χ2v) is 7.88. The van der Waals surface area contributed by atoms with Crippen molar-refractivity contribution in [3.8, 4) is 0 Å². The van der Waals surface area contributed by atoms with Crippen molar-refractivity contribution in [3.05, 3.63) is 0 Å². The van der Waals surface area contributed by atoms with Gasteiger partial charge in [-0.2, -0.15) is 0 Å². The van der Waals surface area contributed by atoms with Gasteiger partial charge in [-0.05, 0) is 51.0 Å². The fourth-order valence-corrected chi connectivity index (χ4v) is 3.39. The molecule has 0 unspecified atom stereocenters. The quantitative estimate of drug-likeness (QED) is 0.470. The second kappa shape index (κ2) is 14.2. The van der Waals surface area contributed by atoms with Crippen LogP contribution in [0.4, 0.5) is 4.79 Å². The van der Waals surface area contributed by atoms with E-state index in [2.05, 4.69) is 4.90 Å². The molecule has 7 heteroatoms. The number of carbonyl (C=O) groups is 1. The third-order valence-electron chi connectivity index (χ3n) is 5.07. The first-order valence-corrected chi connectivity index (χ1v) is 10.4. The smallest absolute Gasteiger partial charge is 0.409 e. The van der Waals surface area contributed by atoms with Gasteiger partial charge in [-0.1, -0.05) is 13.8 Å². The Bertz CT molecular complexity index is 381. The molecule has 0 atom stereocenters. The minimum absolute atomic E-state index is 0.124. The molecule has 2 N–H and O–H groups in total. The van der Waals surface area contributed by atoms with E-state index >= 15 is 0 Å². The number of unbranched alkanes of at least 4 members (excludes halogenated alkanes) is 1. The molecule has 0 aromatic carbocycles. The van der Waals surface area contributed by atoms with Crippen LogP contribution < -0.4 is 0 Å². The van der Waals surface area contributed by atoms with Crippen LogP contribution in [-0.4, -0.2) is 91.4 Å². The molecule has 1 aliphatic rings. The van der Waals surface area contributed by atoms with Crippen molar-refractivity contribution in [2.45, 2.75) is 64.5 Å². The number of hydrogen-bond donors (Lipinski definition) is 2. The predicted molar refractivity (Wildman–Crippen MR) is 106 cm³/mol. The van der Waals surface area contributed by atoms with Crippen LogP contribution >= 0.6 is 0 Å². The Morgan fingerprint density at radius 3 is 2.22 bits per heavy atom. The predicted octanol–water partition coefficient (Wildman–Crippen LogP) is 2.11. The SMILES string of the molecule is CC(C)COC(=O)N(C)C1CCC(OCCCCN(CCO)CCO)CC1. The molecule has 27 heavy (non-hydrogen) atoms. The summed E-state index contributed by atoms with van der Waals surface area (Å²) >= 11 is 0. The average Bonchev–Trinajstić information content (AvgIpc) is 2.66. The summed E-state index contributed by atoms with van der Waals surface area (Å²) in [6, 6.07) is 0.245. The molecule has 0 aliphatic heterocycles. The van der Waals surface area contributed by atoms with Gasteiger partial charge in [0.05, 0.1) is 25.9 Å². The second-order valence-electron chi connectivity index (χ2n) is 7.88. The molecule has 7 nitrogen and oxygen atoms in total. The van der Waals surface area contributed by atoms with E-state index in [1.807, 2.05) is 20.9 Å². The average molecular weight is 389 g/mol. The van der Waals surface area contributed by atoms with E-state index in [1.165, 1.54) is 0 Å². The van der Waals surface area contributed by atoms with Crippen LogP contribution in [-0.2, 0) is 9.47 Å². The Kier molecular flexibility index (Phi) is 12.7. The lowest BCUT2D eigenvalue weighted by Crippen LogP contribution is -2.41. The van der Waals surface area contributed by atoms with Gasteiger partial charge < -0.3 is 24.6 Å². The fourth-order valence-electron chi connectivity index (χ4n) is 3.39. The summed E-state index contributed by atoms with van der Waals surface area (Å²) in [5.74, 6) is 0.353. The standard InChI is InChI=1S/C20H40N2O5/c1-17(2)16-27-20(25)21(3)18-6-8-19(9-7-18)26-15-5-4-10-22(11-13-23)12-14-24/h17-19,23-24H,4-16H2,1-3H3. The van der Waals surface area contributed by atoms with Gasteiger partial charge in [-0.3, -0.25) is 4.90 Å². The van der Waals surface area contributed by atoms with Crippen LogP contribution in [0, 0.1) is 5.92 Å². The summed E-state index contributed by atoms with van der Waals surface area (Å²) in [7, 11) is 1.83. The molecular weight excluding hydrogens is 348 g/mol. The van der Waals surface area contributed by atoms with Crippen LogP contribution in [0.3, 0.4) is 0 Å². The number of aliphatic hydroxyl groups is 2. The van der Waals surface area contributed by atoms with E-state index in [-0.39, 0.29) is 31.5 Å². The van der Waals surface area contributed by atoms with Crippen LogP contribution in [0.2, 0.25) is 0 Å². The highest BCUT2D eigenvalue weighted by atomic mass is 16.6. The minimum Gasteiger partial charge on any atom is -0.449 e. The maximum Gasteiger partial charge on any atom is 0.409 e. The van der Waals surface area contributed by atoms with Gasteiger partial charge in [0.1, 0.15) is 0 Å². The van der Waals surface area contributed by atoms with Crippen molar-refractivity contribution in [2.24, 2.45) is 5.92 Å². The van der Waals surface area contributed by atoms with Crippen molar-refractivity contribution in [3.63, 3.8) is 0 Å².